The van der Waals surface area contributed by atoms with E-state index >= 15 is 0 Å². The van der Waals surface area contributed by atoms with Crippen molar-refractivity contribution < 1.29 is 9.18 Å². The standard InChI is InChI=1S/C16H14ClFOS/c17-14-4-1-2-6-16(14)20-11-3-5-15(19)12-7-9-13(18)10-8-12/h1-2,4,6-10H,3,5,11H2. The van der Waals surface area contributed by atoms with E-state index in [9.17, 15) is 9.18 Å². The number of benzene rings is 2. The summed E-state index contributed by atoms with van der Waals surface area (Å²) in [5, 5.41) is 0.738. The van der Waals surface area contributed by atoms with Crippen LogP contribution in [0.4, 0.5) is 4.39 Å². The first-order valence-corrected chi connectivity index (χ1v) is 7.69. The third-order valence-corrected chi connectivity index (χ3v) is 4.41. The van der Waals surface area contributed by atoms with Gasteiger partial charge in [0.1, 0.15) is 5.82 Å². The summed E-state index contributed by atoms with van der Waals surface area (Å²) in [6.45, 7) is 0. The van der Waals surface area contributed by atoms with Crippen molar-refractivity contribution in [2.24, 2.45) is 0 Å². The van der Waals surface area contributed by atoms with E-state index in [0.717, 1.165) is 22.1 Å². The molecule has 2 rings (SSSR count). The molecular formula is C16H14ClFOS. The molecular weight excluding hydrogens is 295 g/mol. The van der Waals surface area contributed by atoms with Crippen LogP contribution in [0.15, 0.2) is 53.4 Å². The second-order valence-electron chi connectivity index (χ2n) is 4.31. The first kappa shape index (κ1) is 15.1. The summed E-state index contributed by atoms with van der Waals surface area (Å²) in [5.74, 6) is 0.553. The van der Waals surface area contributed by atoms with Gasteiger partial charge in [-0.2, -0.15) is 0 Å². The molecule has 0 aliphatic rings. The smallest absolute Gasteiger partial charge is 0.162 e. The molecule has 0 aromatic heterocycles. The lowest BCUT2D eigenvalue weighted by Gasteiger charge is -2.04. The van der Waals surface area contributed by atoms with Crippen molar-refractivity contribution in [1.82, 2.24) is 0 Å². The van der Waals surface area contributed by atoms with Crippen LogP contribution in [0.1, 0.15) is 23.2 Å². The Balaban J connectivity index is 1.77. The molecule has 0 bridgehead atoms. The summed E-state index contributed by atoms with van der Waals surface area (Å²) in [7, 11) is 0. The van der Waals surface area contributed by atoms with Gasteiger partial charge in [-0.05, 0) is 48.6 Å². The summed E-state index contributed by atoms with van der Waals surface area (Å²) < 4.78 is 12.8. The maximum atomic E-state index is 12.8. The number of carbonyl (C=O) groups excluding carboxylic acids is 1. The molecule has 0 heterocycles. The Morgan fingerprint density at radius 3 is 2.50 bits per heavy atom. The van der Waals surface area contributed by atoms with Crippen molar-refractivity contribution in [1.29, 1.82) is 0 Å². The zero-order valence-corrected chi connectivity index (χ0v) is 12.4. The minimum Gasteiger partial charge on any atom is -0.294 e. The molecule has 0 unspecified atom stereocenters. The Hall–Kier alpha value is -1.32. The van der Waals surface area contributed by atoms with Gasteiger partial charge in [0, 0.05) is 16.9 Å². The number of Topliss-reactive ketones (excluding diaryl/α,β-unsaturated/α-hetero) is 1. The minimum atomic E-state index is -0.323. The largest absolute Gasteiger partial charge is 0.294 e. The molecule has 0 amide bonds. The van der Waals surface area contributed by atoms with Crippen LogP contribution in [-0.2, 0) is 0 Å². The molecule has 2 aromatic carbocycles. The fourth-order valence-electron chi connectivity index (χ4n) is 1.76. The van der Waals surface area contributed by atoms with Gasteiger partial charge in [0.25, 0.3) is 0 Å². The predicted molar refractivity (Wildman–Crippen MR) is 82.1 cm³/mol. The molecule has 2 aromatic rings. The Kier molecular flexibility index (Phi) is 5.62. The molecule has 0 fully saturated rings. The minimum absolute atomic E-state index is 0.0461. The Labute approximate surface area is 127 Å². The molecule has 0 atom stereocenters. The molecule has 4 heteroatoms. The van der Waals surface area contributed by atoms with Gasteiger partial charge in [-0.3, -0.25) is 4.79 Å². The SMILES string of the molecule is O=C(CCCSc1ccccc1Cl)c1ccc(F)cc1. The second kappa shape index (κ2) is 7.46. The monoisotopic (exact) mass is 308 g/mol. The van der Waals surface area contributed by atoms with Gasteiger partial charge in [-0.1, -0.05) is 23.7 Å². The average molecular weight is 309 g/mol. The van der Waals surface area contributed by atoms with E-state index in [1.807, 2.05) is 24.3 Å². The predicted octanol–water partition coefficient (Wildman–Crippen LogP) is 5.23. The summed E-state index contributed by atoms with van der Waals surface area (Å²) in [6, 6.07) is 13.3. The van der Waals surface area contributed by atoms with Crippen molar-refractivity contribution in [3.63, 3.8) is 0 Å². The van der Waals surface area contributed by atoms with E-state index in [1.54, 1.807) is 11.8 Å². The Morgan fingerprint density at radius 1 is 1.10 bits per heavy atom. The number of carbonyl (C=O) groups is 1. The topological polar surface area (TPSA) is 17.1 Å². The van der Waals surface area contributed by atoms with E-state index < -0.39 is 0 Å². The fraction of sp³-hybridized carbons (Fsp3) is 0.188. The van der Waals surface area contributed by atoms with Gasteiger partial charge in [0.15, 0.2) is 5.78 Å². The van der Waals surface area contributed by atoms with Crippen molar-refractivity contribution in [3.05, 3.63) is 64.9 Å². The maximum absolute atomic E-state index is 12.8. The highest BCUT2D eigenvalue weighted by Crippen LogP contribution is 2.27. The molecule has 0 radical (unpaired) electrons. The normalized spacial score (nSPS) is 10.5. The number of ketones is 1. The van der Waals surface area contributed by atoms with Gasteiger partial charge in [0.05, 0.1) is 5.02 Å². The molecule has 1 nitrogen and oxygen atoms in total. The zero-order valence-electron chi connectivity index (χ0n) is 10.8. The highest BCUT2D eigenvalue weighted by Gasteiger charge is 2.06. The number of thioether (sulfide) groups is 1. The molecule has 0 N–H and O–H groups in total. The summed E-state index contributed by atoms with van der Waals surface area (Å²) in [5.41, 5.74) is 0.564. The lowest BCUT2D eigenvalue weighted by Crippen LogP contribution is -1.99. The lowest BCUT2D eigenvalue weighted by molar-refractivity contribution is 0.0982. The van der Waals surface area contributed by atoms with Gasteiger partial charge in [-0.15, -0.1) is 11.8 Å². The van der Waals surface area contributed by atoms with Gasteiger partial charge < -0.3 is 0 Å². The molecule has 104 valence electrons. The molecule has 0 aliphatic heterocycles. The number of rotatable bonds is 6. The molecule has 0 spiro atoms. The van der Waals surface area contributed by atoms with Crippen molar-refractivity contribution in [2.75, 3.05) is 5.75 Å². The van der Waals surface area contributed by atoms with Crippen molar-refractivity contribution in [3.8, 4) is 0 Å². The first-order chi connectivity index (χ1) is 9.66. The second-order valence-corrected chi connectivity index (χ2v) is 5.86. The highest BCUT2D eigenvalue weighted by atomic mass is 35.5. The van der Waals surface area contributed by atoms with Crippen LogP contribution in [0.5, 0.6) is 0 Å². The van der Waals surface area contributed by atoms with E-state index in [2.05, 4.69) is 0 Å². The van der Waals surface area contributed by atoms with Crippen molar-refractivity contribution >= 4 is 29.1 Å². The summed E-state index contributed by atoms with van der Waals surface area (Å²) in [4.78, 5) is 12.9. The highest BCUT2D eigenvalue weighted by molar-refractivity contribution is 7.99. The van der Waals surface area contributed by atoms with Crippen LogP contribution < -0.4 is 0 Å². The summed E-state index contributed by atoms with van der Waals surface area (Å²) in [6.07, 6.45) is 1.23. The van der Waals surface area contributed by atoms with Gasteiger partial charge in [0.2, 0.25) is 0 Å². The Bertz CT molecular complexity index is 583. The molecule has 0 saturated heterocycles. The van der Waals surface area contributed by atoms with E-state index in [0.29, 0.717) is 12.0 Å². The van der Waals surface area contributed by atoms with Crippen LogP contribution in [-0.4, -0.2) is 11.5 Å². The van der Waals surface area contributed by atoms with Crippen LogP contribution in [0.2, 0.25) is 5.02 Å². The number of halogens is 2. The van der Waals surface area contributed by atoms with Crippen LogP contribution in [0.25, 0.3) is 0 Å². The number of hydrogen-bond acceptors (Lipinski definition) is 2. The molecule has 0 aliphatic carbocycles. The summed E-state index contributed by atoms with van der Waals surface area (Å²) >= 11 is 7.70. The maximum Gasteiger partial charge on any atom is 0.162 e. The quantitative estimate of drug-likeness (QED) is 0.413. The van der Waals surface area contributed by atoms with Crippen LogP contribution in [0, 0.1) is 5.82 Å². The first-order valence-electron chi connectivity index (χ1n) is 6.33. The average Bonchev–Trinajstić information content (AvgIpc) is 2.46. The van der Waals surface area contributed by atoms with Crippen molar-refractivity contribution in [2.45, 2.75) is 17.7 Å². The Morgan fingerprint density at radius 2 is 1.80 bits per heavy atom. The third kappa shape index (κ3) is 4.36. The molecule has 0 saturated carbocycles. The zero-order chi connectivity index (χ0) is 14.4. The van der Waals surface area contributed by atoms with E-state index in [-0.39, 0.29) is 11.6 Å². The van der Waals surface area contributed by atoms with Crippen LogP contribution in [0.3, 0.4) is 0 Å². The van der Waals surface area contributed by atoms with E-state index in [4.69, 9.17) is 11.6 Å². The third-order valence-electron chi connectivity index (χ3n) is 2.81. The lowest BCUT2D eigenvalue weighted by atomic mass is 10.1. The van der Waals surface area contributed by atoms with E-state index in [1.165, 1.54) is 24.3 Å². The van der Waals surface area contributed by atoms with Gasteiger partial charge >= 0.3 is 0 Å². The van der Waals surface area contributed by atoms with Crippen LogP contribution >= 0.6 is 23.4 Å². The number of hydrogen-bond donors (Lipinski definition) is 0. The molecule has 20 heavy (non-hydrogen) atoms. The fourth-order valence-corrected chi connectivity index (χ4v) is 2.95. The van der Waals surface area contributed by atoms with Gasteiger partial charge in [-0.25, -0.2) is 4.39 Å².